The highest BCUT2D eigenvalue weighted by atomic mass is 16.1. The molecule has 3 nitrogen and oxygen atoms in total. The highest BCUT2D eigenvalue weighted by Gasteiger charge is 2.50. The van der Waals surface area contributed by atoms with Crippen LogP contribution in [0.2, 0.25) is 0 Å². The van der Waals surface area contributed by atoms with Crippen molar-refractivity contribution < 1.29 is 4.79 Å². The van der Waals surface area contributed by atoms with Gasteiger partial charge in [-0.2, -0.15) is 5.26 Å². The Labute approximate surface area is 115 Å². The Hall–Kier alpha value is -1.04. The van der Waals surface area contributed by atoms with Gasteiger partial charge in [0.1, 0.15) is 0 Å². The maximum Gasteiger partial charge on any atom is 0.223 e. The van der Waals surface area contributed by atoms with E-state index in [0.717, 1.165) is 31.2 Å². The topological polar surface area (TPSA) is 52.9 Å². The van der Waals surface area contributed by atoms with Crippen LogP contribution >= 0.6 is 0 Å². The van der Waals surface area contributed by atoms with Crippen molar-refractivity contribution in [1.29, 1.82) is 5.26 Å². The molecular formula is C16H24N2O. The van der Waals surface area contributed by atoms with E-state index in [0.29, 0.717) is 30.1 Å². The van der Waals surface area contributed by atoms with Gasteiger partial charge in [0.2, 0.25) is 5.91 Å². The van der Waals surface area contributed by atoms with E-state index in [4.69, 9.17) is 5.26 Å². The molecular weight excluding hydrogens is 236 g/mol. The summed E-state index contributed by atoms with van der Waals surface area (Å²) in [5, 5.41) is 11.6. The standard InChI is InChI=1S/C16H24N2O/c17-4-2-1-3-5-18-16(19)15-13-7-11-6-12(9-13)10-14(15)8-11/h11-15H,1-3,5-10H2,(H,18,19). The van der Waals surface area contributed by atoms with Gasteiger partial charge in [-0.3, -0.25) is 4.79 Å². The lowest BCUT2D eigenvalue weighted by atomic mass is 9.51. The number of amides is 1. The zero-order valence-electron chi connectivity index (χ0n) is 11.6. The fourth-order valence-corrected chi connectivity index (χ4v) is 5.01. The Balaban J connectivity index is 1.49. The Kier molecular flexibility index (Phi) is 3.77. The fourth-order valence-electron chi connectivity index (χ4n) is 5.01. The van der Waals surface area contributed by atoms with Crippen LogP contribution in [0.1, 0.15) is 51.4 Å². The minimum atomic E-state index is 0.309. The van der Waals surface area contributed by atoms with Crippen LogP contribution in [0.3, 0.4) is 0 Å². The molecule has 0 spiro atoms. The predicted octanol–water partition coefficient (Wildman–Crippen LogP) is 2.87. The van der Waals surface area contributed by atoms with Gasteiger partial charge in [0.05, 0.1) is 6.07 Å². The van der Waals surface area contributed by atoms with E-state index in [9.17, 15) is 4.79 Å². The third-order valence-corrected chi connectivity index (χ3v) is 5.54. The van der Waals surface area contributed by atoms with E-state index in [2.05, 4.69) is 11.4 Å². The highest BCUT2D eigenvalue weighted by Crippen LogP contribution is 2.56. The summed E-state index contributed by atoms with van der Waals surface area (Å²) in [6.07, 6.45) is 9.10. The first-order chi connectivity index (χ1) is 9.28. The van der Waals surface area contributed by atoms with Crippen LogP contribution in [-0.4, -0.2) is 12.5 Å². The van der Waals surface area contributed by atoms with Gasteiger partial charge < -0.3 is 5.32 Å². The lowest BCUT2D eigenvalue weighted by molar-refractivity contribution is -0.138. The number of nitrogens with zero attached hydrogens (tertiary/aromatic N) is 1. The number of carbonyl (C=O) groups excluding carboxylic acids is 1. The van der Waals surface area contributed by atoms with Gasteiger partial charge in [-0.25, -0.2) is 0 Å². The summed E-state index contributed by atoms with van der Waals surface area (Å²) in [6, 6.07) is 2.15. The van der Waals surface area contributed by atoms with Crippen LogP contribution in [0, 0.1) is 40.9 Å². The number of unbranched alkanes of at least 4 members (excludes halogenated alkanes) is 2. The summed E-state index contributed by atoms with van der Waals surface area (Å²) >= 11 is 0. The Morgan fingerprint density at radius 2 is 1.68 bits per heavy atom. The zero-order chi connectivity index (χ0) is 13.2. The Bertz CT molecular complexity index is 357. The first-order valence-corrected chi connectivity index (χ1v) is 7.92. The monoisotopic (exact) mass is 260 g/mol. The second-order valence-corrected chi connectivity index (χ2v) is 6.86. The first kappa shape index (κ1) is 13.0. The molecule has 0 heterocycles. The van der Waals surface area contributed by atoms with Crippen molar-refractivity contribution in [3.63, 3.8) is 0 Å². The summed E-state index contributed by atoms with van der Waals surface area (Å²) in [7, 11) is 0. The van der Waals surface area contributed by atoms with Crippen molar-refractivity contribution >= 4 is 5.91 Å². The molecule has 0 atom stereocenters. The van der Waals surface area contributed by atoms with Crippen LogP contribution < -0.4 is 5.32 Å². The van der Waals surface area contributed by atoms with Gasteiger partial charge >= 0.3 is 0 Å². The van der Waals surface area contributed by atoms with Crippen molar-refractivity contribution in [3.05, 3.63) is 0 Å². The summed E-state index contributed by atoms with van der Waals surface area (Å²) < 4.78 is 0. The normalized spacial score (nSPS) is 39.0. The third kappa shape index (κ3) is 2.63. The largest absolute Gasteiger partial charge is 0.356 e. The van der Waals surface area contributed by atoms with Crippen molar-refractivity contribution in [3.8, 4) is 6.07 Å². The minimum absolute atomic E-state index is 0.309. The molecule has 0 saturated heterocycles. The second-order valence-electron chi connectivity index (χ2n) is 6.86. The van der Waals surface area contributed by atoms with E-state index < -0.39 is 0 Å². The molecule has 4 bridgehead atoms. The second kappa shape index (κ2) is 5.53. The fraction of sp³-hybridized carbons (Fsp3) is 0.875. The van der Waals surface area contributed by atoms with Gasteiger partial charge in [-0.05, 0) is 68.6 Å². The minimum Gasteiger partial charge on any atom is -0.356 e. The number of nitrogens with one attached hydrogen (secondary N) is 1. The van der Waals surface area contributed by atoms with Gasteiger partial charge in [-0.15, -0.1) is 0 Å². The third-order valence-electron chi connectivity index (χ3n) is 5.54. The van der Waals surface area contributed by atoms with Crippen molar-refractivity contribution in [2.45, 2.75) is 51.4 Å². The molecule has 0 radical (unpaired) electrons. The van der Waals surface area contributed by atoms with Crippen LogP contribution in [0.15, 0.2) is 0 Å². The summed E-state index contributed by atoms with van der Waals surface area (Å²) in [5.74, 6) is 3.84. The average molecular weight is 260 g/mol. The van der Waals surface area contributed by atoms with Crippen molar-refractivity contribution in [1.82, 2.24) is 5.32 Å². The molecule has 0 aromatic rings. The Morgan fingerprint density at radius 1 is 1.05 bits per heavy atom. The molecule has 4 rings (SSSR count). The number of hydrogen-bond acceptors (Lipinski definition) is 2. The van der Waals surface area contributed by atoms with Crippen LogP contribution in [-0.2, 0) is 4.79 Å². The molecule has 4 saturated carbocycles. The molecule has 4 aliphatic rings. The molecule has 0 aromatic heterocycles. The molecule has 4 fully saturated rings. The highest BCUT2D eigenvalue weighted by molar-refractivity contribution is 5.79. The molecule has 0 unspecified atom stereocenters. The quantitative estimate of drug-likeness (QED) is 0.773. The Morgan fingerprint density at radius 3 is 2.26 bits per heavy atom. The summed E-state index contributed by atoms with van der Waals surface area (Å²) in [6.45, 7) is 0.753. The number of carbonyl (C=O) groups is 1. The van der Waals surface area contributed by atoms with Gasteiger partial charge in [0.15, 0.2) is 0 Å². The van der Waals surface area contributed by atoms with E-state index in [1.165, 1.54) is 32.1 Å². The molecule has 0 aliphatic heterocycles. The van der Waals surface area contributed by atoms with Crippen molar-refractivity contribution in [2.75, 3.05) is 6.54 Å². The lowest BCUT2D eigenvalue weighted by Crippen LogP contribution is -2.51. The summed E-state index contributed by atoms with van der Waals surface area (Å²) in [5.41, 5.74) is 0. The summed E-state index contributed by atoms with van der Waals surface area (Å²) in [4.78, 5) is 12.4. The number of nitriles is 1. The maximum absolute atomic E-state index is 12.4. The predicted molar refractivity (Wildman–Crippen MR) is 73.0 cm³/mol. The molecule has 1 N–H and O–H groups in total. The van der Waals surface area contributed by atoms with E-state index in [1.54, 1.807) is 0 Å². The van der Waals surface area contributed by atoms with Crippen LogP contribution in [0.25, 0.3) is 0 Å². The maximum atomic E-state index is 12.4. The first-order valence-electron chi connectivity index (χ1n) is 7.92. The number of rotatable bonds is 5. The smallest absolute Gasteiger partial charge is 0.223 e. The lowest BCUT2D eigenvalue weighted by Gasteiger charge is -2.53. The molecule has 4 aliphatic carbocycles. The molecule has 1 amide bonds. The molecule has 0 aromatic carbocycles. The van der Waals surface area contributed by atoms with Gasteiger partial charge in [0.25, 0.3) is 0 Å². The van der Waals surface area contributed by atoms with Crippen LogP contribution in [0.4, 0.5) is 0 Å². The SMILES string of the molecule is N#CCCCCNC(=O)C1C2CC3CC(C2)CC1C3. The molecule has 19 heavy (non-hydrogen) atoms. The molecule has 104 valence electrons. The zero-order valence-corrected chi connectivity index (χ0v) is 11.6. The average Bonchev–Trinajstić information content (AvgIpc) is 2.37. The van der Waals surface area contributed by atoms with Gasteiger partial charge in [-0.1, -0.05) is 0 Å². The van der Waals surface area contributed by atoms with Crippen molar-refractivity contribution in [2.24, 2.45) is 29.6 Å². The van der Waals surface area contributed by atoms with E-state index in [1.807, 2.05) is 0 Å². The molecule has 3 heteroatoms. The van der Waals surface area contributed by atoms with E-state index >= 15 is 0 Å². The van der Waals surface area contributed by atoms with E-state index in [-0.39, 0.29) is 0 Å². The van der Waals surface area contributed by atoms with Gasteiger partial charge in [0, 0.05) is 18.9 Å². The van der Waals surface area contributed by atoms with Crippen LogP contribution in [0.5, 0.6) is 0 Å². The number of hydrogen-bond donors (Lipinski definition) is 1.